The van der Waals surface area contributed by atoms with Gasteiger partial charge in [0.25, 0.3) is 0 Å². The van der Waals surface area contributed by atoms with Crippen molar-refractivity contribution in [2.75, 3.05) is 11.2 Å². The maximum absolute atomic E-state index is 5.62. The van der Waals surface area contributed by atoms with Gasteiger partial charge in [0.1, 0.15) is 0 Å². The summed E-state index contributed by atoms with van der Waals surface area (Å²) in [5.41, 5.74) is 0. The molecule has 1 fully saturated rings. The molecule has 96 valence electrons. The van der Waals surface area contributed by atoms with E-state index in [-0.39, 0.29) is 0 Å². The summed E-state index contributed by atoms with van der Waals surface area (Å²) in [4.78, 5) is 0. The molecule has 1 aliphatic rings. The van der Waals surface area contributed by atoms with Gasteiger partial charge in [-0.25, -0.2) is 0 Å². The van der Waals surface area contributed by atoms with Crippen LogP contribution in [0.5, 0.6) is 0 Å². The summed E-state index contributed by atoms with van der Waals surface area (Å²) in [6.07, 6.45) is 6.94. The Morgan fingerprint density at radius 2 is 2.06 bits per heavy atom. The van der Waals surface area contributed by atoms with Gasteiger partial charge in [-0.3, -0.25) is 0 Å². The molecule has 0 bridgehead atoms. The van der Waals surface area contributed by atoms with Crippen molar-refractivity contribution < 1.29 is 4.42 Å². The largest absolute Gasteiger partial charge is 0.408 e. The lowest BCUT2D eigenvalue weighted by atomic mass is 9.85. The molecule has 0 saturated heterocycles. The van der Waals surface area contributed by atoms with Gasteiger partial charge in [-0.15, -0.1) is 16.7 Å². The fraction of sp³-hybridized carbons (Fsp3) is 0.833. The second-order valence-corrected chi connectivity index (χ2v) is 5.09. The summed E-state index contributed by atoms with van der Waals surface area (Å²) in [7, 11) is 0. The molecule has 1 aromatic rings. The average Bonchev–Trinajstić information content (AvgIpc) is 2.78. The lowest BCUT2D eigenvalue weighted by Crippen LogP contribution is -2.26. The molecule has 17 heavy (non-hydrogen) atoms. The van der Waals surface area contributed by atoms with Crippen molar-refractivity contribution in [3.05, 3.63) is 5.89 Å². The third-order valence-corrected chi connectivity index (χ3v) is 3.72. The van der Waals surface area contributed by atoms with E-state index in [1.807, 2.05) is 0 Å². The normalized spacial score (nSPS) is 24.8. The van der Waals surface area contributed by atoms with Crippen LogP contribution < -0.4 is 5.32 Å². The molecular weight excluding hydrogens is 238 g/mol. The monoisotopic (exact) mass is 257 g/mol. The number of nitrogens with one attached hydrogen (secondary N) is 1. The summed E-state index contributed by atoms with van der Waals surface area (Å²) in [6.45, 7) is 2.27. The van der Waals surface area contributed by atoms with E-state index in [1.165, 1.54) is 32.1 Å². The van der Waals surface area contributed by atoms with Crippen molar-refractivity contribution >= 4 is 17.6 Å². The van der Waals surface area contributed by atoms with Crippen LogP contribution in [0, 0.1) is 5.92 Å². The van der Waals surface area contributed by atoms with Gasteiger partial charge in [0.2, 0.25) is 5.89 Å². The zero-order valence-corrected chi connectivity index (χ0v) is 11.0. The maximum atomic E-state index is 5.62. The lowest BCUT2D eigenvalue weighted by Gasteiger charge is -2.27. The van der Waals surface area contributed by atoms with Crippen molar-refractivity contribution in [3.63, 3.8) is 0 Å². The lowest BCUT2D eigenvalue weighted by molar-refractivity contribution is 0.326. The summed E-state index contributed by atoms with van der Waals surface area (Å²) < 4.78 is 5.46. The second kappa shape index (κ2) is 6.24. The van der Waals surface area contributed by atoms with Crippen LogP contribution in [0.15, 0.2) is 4.42 Å². The summed E-state index contributed by atoms with van der Waals surface area (Å²) in [6, 6.07) is 1.03. The van der Waals surface area contributed by atoms with Crippen LogP contribution in [-0.4, -0.2) is 22.1 Å². The Morgan fingerprint density at radius 1 is 1.29 bits per heavy atom. The third kappa shape index (κ3) is 3.60. The van der Waals surface area contributed by atoms with Gasteiger partial charge in [0.05, 0.1) is 0 Å². The Kier molecular flexibility index (Phi) is 4.66. The van der Waals surface area contributed by atoms with Crippen LogP contribution in [0.2, 0.25) is 0 Å². The number of rotatable bonds is 5. The molecule has 0 unspecified atom stereocenters. The van der Waals surface area contributed by atoms with E-state index >= 15 is 0 Å². The fourth-order valence-electron chi connectivity index (χ4n) is 2.38. The van der Waals surface area contributed by atoms with E-state index in [4.69, 9.17) is 16.0 Å². The number of alkyl halides is 1. The number of aromatic nitrogens is 2. The smallest absolute Gasteiger partial charge is 0.315 e. The van der Waals surface area contributed by atoms with Crippen molar-refractivity contribution in [2.45, 2.75) is 51.5 Å². The minimum atomic E-state index is 0.488. The average molecular weight is 258 g/mol. The first-order valence-electron chi connectivity index (χ1n) is 6.46. The van der Waals surface area contributed by atoms with Crippen LogP contribution >= 0.6 is 11.6 Å². The van der Waals surface area contributed by atoms with Gasteiger partial charge in [-0.1, -0.05) is 18.4 Å². The number of nitrogens with zero attached hydrogens (tertiary/aromatic N) is 2. The zero-order valence-electron chi connectivity index (χ0n) is 10.3. The Morgan fingerprint density at radius 3 is 2.71 bits per heavy atom. The van der Waals surface area contributed by atoms with E-state index < -0.39 is 0 Å². The van der Waals surface area contributed by atoms with E-state index in [1.54, 1.807) is 0 Å². The minimum absolute atomic E-state index is 0.488. The van der Waals surface area contributed by atoms with Gasteiger partial charge in [-0.05, 0) is 31.6 Å². The number of halogens is 1. The Bertz CT molecular complexity index is 334. The first kappa shape index (κ1) is 12.7. The highest BCUT2D eigenvalue weighted by molar-refractivity contribution is 6.17. The van der Waals surface area contributed by atoms with Crippen molar-refractivity contribution in [2.24, 2.45) is 5.92 Å². The maximum Gasteiger partial charge on any atom is 0.315 e. The predicted molar refractivity (Wildman–Crippen MR) is 68.4 cm³/mol. The molecule has 0 spiro atoms. The summed E-state index contributed by atoms with van der Waals surface area (Å²) in [5, 5.41) is 11.2. The van der Waals surface area contributed by atoms with Crippen LogP contribution in [0.3, 0.4) is 0 Å². The Labute approximate surface area is 107 Å². The van der Waals surface area contributed by atoms with Gasteiger partial charge in [0.15, 0.2) is 0 Å². The Hall–Kier alpha value is -0.770. The zero-order chi connectivity index (χ0) is 12.1. The third-order valence-electron chi connectivity index (χ3n) is 3.53. The molecule has 0 atom stereocenters. The highest BCUT2D eigenvalue weighted by Gasteiger charge is 2.21. The van der Waals surface area contributed by atoms with Gasteiger partial charge in [-0.2, -0.15) is 0 Å². The Balaban J connectivity index is 1.80. The molecular formula is C12H20ClN3O. The highest BCUT2D eigenvalue weighted by atomic mass is 35.5. The molecule has 1 aromatic heterocycles. The summed E-state index contributed by atoms with van der Waals surface area (Å²) in [5.74, 6) is 2.04. The summed E-state index contributed by atoms with van der Waals surface area (Å²) >= 11 is 5.62. The van der Waals surface area contributed by atoms with Gasteiger partial charge >= 0.3 is 6.01 Å². The number of aryl methyl sites for hydroxylation is 1. The fourth-order valence-corrected chi connectivity index (χ4v) is 2.55. The van der Waals surface area contributed by atoms with E-state index in [2.05, 4.69) is 22.4 Å². The SMILES string of the molecule is CCC1CCC(Nc2nnc(CCCl)o2)CC1. The number of hydrogen-bond acceptors (Lipinski definition) is 4. The van der Waals surface area contributed by atoms with E-state index in [0.29, 0.717) is 30.2 Å². The first-order chi connectivity index (χ1) is 8.31. The van der Waals surface area contributed by atoms with Crippen LogP contribution in [0.1, 0.15) is 44.9 Å². The molecule has 0 amide bonds. The van der Waals surface area contributed by atoms with Crippen LogP contribution in [0.4, 0.5) is 6.01 Å². The molecule has 1 heterocycles. The van der Waals surface area contributed by atoms with Crippen LogP contribution in [0.25, 0.3) is 0 Å². The van der Waals surface area contributed by atoms with Gasteiger partial charge < -0.3 is 9.73 Å². The predicted octanol–water partition coefficient (Wildman–Crippen LogP) is 3.23. The minimum Gasteiger partial charge on any atom is -0.408 e. The molecule has 5 heteroatoms. The molecule has 1 aliphatic carbocycles. The van der Waals surface area contributed by atoms with Crippen molar-refractivity contribution in [3.8, 4) is 0 Å². The van der Waals surface area contributed by atoms with Gasteiger partial charge in [0, 0.05) is 18.3 Å². The van der Waals surface area contributed by atoms with Crippen molar-refractivity contribution in [1.29, 1.82) is 0 Å². The van der Waals surface area contributed by atoms with Crippen molar-refractivity contribution in [1.82, 2.24) is 10.2 Å². The quantitative estimate of drug-likeness (QED) is 0.823. The topological polar surface area (TPSA) is 51.0 Å². The molecule has 0 radical (unpaired) electrons. The first-order valence-corrected chi connectivity index (χ1v) is 7.00. The molecule has 1 N–H and O–H groups in total. The number of anilines is 1. The standard InChI is InChI=1S/C12H20ClN3O/c1-2-9-3-5-10(6-4-9)14-12-16-15-11(17-12)7-8-13/h9-10H,2-8H2,1H3,(H,14,16). The van der Waals surface area contributed by atoms with E-state index in [9.17, 15) is 0 Å². The molecule has 4 nitrogen and oxygen atoms in total. The highest BCUT2D eigenvalue weighted by Crippen LogP contribution is 2.28. The molecule has 1 saturated carbocycles. The van der Waals surface area contributed by atoms with E-state index in [0.717, 1.165) is 5.92 Å². The molecule has 0 aromatic carbocycles. The second-order valence-electron chi connectivity index (χ2n) is 4.71. The molecule has 0 aliphatic heterocycles. The number of hydrogen-bond donors (Lipinski definition) is 1. The van der Waals surface area contributed by atoms with Crippen LogP contribution in [-0.2, 0) is 6.42 Å². The molecule has 2 rings (SSSR count).